The lowest BCUT2D eigenvalue weighted by atomic mass is 10.1. The fraction of sp³-hybridized carbons (Fsp3) is 0.533. The standard InChI is InChI=1S/C15H23N3O/c1-13(19)14-4-3-5-15(12-14)16-6-7-18-10-8-17(2)9-11-18/h3-5,12,16H,6-11H2,1-2H3. The third-order valence-corrected chi connectivity index (χ3v) is 3.62. The summed E-state index contributed by atoms with van der Waals surface area (Å²) in [6.07, 6.45) is 0. The van der Waals surface area contributed by atoms with Crippen LogP contribution in [0.3, 0.4) is 0 Å². The number of hydrogen-bond acceptors (Lipinski definition) is 4. The predicted octanol–water partition coefficient (Wildman–Crippen LogP) is 1.55. The van der Waals surface area contributed by atoms with Gasteiger partial charge in [0.05, 0.1) is 0 Å². The number of piperazine rings is 1. The van der Waals surface area contributed by atoms with E-state index in [1.807, 2.05) is 24.3 Å². The zero-order valence-electron chi connectivity index (χ0n) is 11.9. The second-order valence-electron chi connectivity index (χ2n) is 5.21. The minimum absolute atomic E-state index is 0.114. The summed E-state index contributed by atoms with van der Waals surface area (Å²) in [5, 5.41) is 3.39. The van der Waals surface area contributed by atoms with Gasteiger partial charge in [-0.05, 0) is 26.1 Å². The summed E-state index contributed by atoms with van der Waals surface area (Å²) in [6, 6.07) is 7.71. The number of Topliss-reactive ketones (excluding diaryl/α,β-unsaturated/α-hetero) is 1. The highest BCUT2D eigenvalue weighted by atomic mass is 16.1. The van der Waals surface area contributed by atoms with Crippen molar-refractivity contribution in [1.29, 1.82) is 0 Å². The molecule has 1 aliphatic rings. The molecular formula is C15H23N3O. The molecule has 2 rings (SSSR count). The summed E-state index contributed by atoms with van der Waals surface area (Å²) < 4.78 is 0. The molecule has 1 heterocycles. The highest BCUT2D eigenvalue weighted by Gasteiger charge is 2.12. The Hall–Kier alpha value is -1.39. The minimum Gasteiger partial charge on any atom is -0.384 e. The van der Waals surface area contributed by atoms with Crippen molar-refractivity contribution in [2.24, 2.45) is 0 Å². The summed E-state index contributed by atoms with van der Waals surface area (Å²) >= 11 is 0. The van der Waals surface area contributed by atoms with E-state index in [1.54, 1.807) is 6.92 Å². The van der Waals surface area contributed by atoms with Crippen LogP contribution < -0.4 is 5.32 Å². The molecule has 4 heteroatoms. The molecule has 0 atom stereocenters. The Morgan fingerprint density at radius 3 is 2.68 bits per heavy atom. The van der Waals surface area contributed by atoms with E-state index < -0.39 is 0 Å². The van der Waals surface area contributed by atoms with Gasteiger partial charge in [-0.25, -0.2) is 0 Å². The number of likely N-dealkylation sites (N-methyl/N-ethyl adjacent to an activating group) is 1. The smallest absolute Gasteiger partial charge is 0.159 e. The van der Waals surface area contributed by atoms with E-state index in [9.17, 15) is 4.79 Å². The second kappa shape index (κ2) is 6.68. The monoisotopic (exact) mass is 261 g/mol. The van der Waals surface area contributed by atoms with Crippen molar-refractivity contribution in [3.63, 3.8) is 0 Å². The first kappa shape index (κ1) is 14.0. The third kappa shape index (κ3) is 4.33. The first-order chi connectivity index (χ1) is 9.15. The summed E-state index contributed by atoms with van der Waals surface area (Å²) in [6.45, 7) is 8.17. The molecular weight excluding hydrogens is 238 g/mol. The van der Waals surface area contributed by atoms with E-state index in [2.05, 4.69) is 22.2 Å². The van der Waals surface area contributed by atoms with E-state index >= 15 is 0 Å². The molecule has 1 aromatic carbocycles. The molecule has 1 aromatic rings. The maximum Gasteiger partial charge on any atom is 0.159 e. The van der Waals surface area contributed by atoms with Gasteiger partial charge in [-0.1, -0.05) is 12.1 Å². The Balaban J connectivity index is 1.76. The molecule has 0 amide bonds. The van der Waals surface area contributed by atoms with Crippen LogP contribution in [0.1, 0.15) is 17.3 Å². The van der Waals surface area contributed by atoms with Crippen LogP contribution >= 0.6 is 0 Å². The summed E-state index contributed by atoms with van der Waals surface area (Å²) in [4.78, 5) is 16.1. The van der Waals surface area contributed by atoms with Crippen molar-refractivity contribution in [2.45, 2.75) is 6.92 Å². The van der Waals surface area contributed by atoms with Gasteiger partial charge in [0.2, 0.25) is 0 Å². The van der Waals surface area contributed by atoms with Gasteiger partial charge in [0, 0.05) is 50.5 Å². The molecule has 1 saturated heterocycles. The third-order valence-electron chi connectivity index (χ3n) is 3.62. The summed E-state index contributed by atoms with van der Waals surface area (Å²) in [5.41, 5.74) is 1.80. The molecule has 0 bridgehead atoms. The van der Waals surface area contributed by atoms with Crippen molar-refractivity contribution in [2.75, 3.05) is 51.6 Å². The lowest BCUT2D eigenvalue weighted by Crippen LogP contribution is -2.45. The number of nitrogens with zero attached hydrogens (tertiary/aromatic N) is 2. The Morgan fingerprint density at radius 2 is 2.00 bits per heavy atom. The number of carbonyl (C=O) groups is 1. The van der Waals surface area contributed by atoms with Crippen LogP contribution in [0, 0.1) is 0 Å². The molecule has 0 spiro atoms. The number of rotatable bonds is 5. The zero-order chi connectivity index (χ0) is 13.7. The highest BCUT2D eigenvalue weighted by molar-refractivity contribution is 5.94. The molecule has 4 nitrogen and oxygen atoms in total. The van der Waals surface area contributed by atoms with Crippen LogP contribution in [-0.4, -0.2) is 61.9 Å². The van der Waals surface area contributed by atoms with Crippen molar-refractivity contribution in [3.05, 3.63) is 29.8 Å². The van der Waals surface area contributed by atoms with Gasteiger partial charge in [0.25, 0.3) is 0 Å². The van der Waals surface area contributed by atoms with Gasteiger partial charge in [0.1, 0.15) is 0 Å². The minimum atomic E-state index is 0.114. The molecule has 1 aliphatic heterocycles. The van der Waals surface area contributed by atoms with E-state index in [1.165, 1.54) is 0 Å². The van der Waals surface area contributed by atoms with Crippen molar-refractivity contribution >= 4 is 11.5 Å². The van der Waals surface area contributed by atoms with Crippen molar-refractivity contribution < 1.29 is 4.79 Å². The SMILES string of the molecule is CC(=O)c1cccc(NCCN2CCN(C)CC2)c1. The van der Waals surface area contributed by atoms with Crippen LogP contribution in [0.15, 0.2) is 24.3 Å². The molecule has 0 unspecified atom stereocenters. The molecule has 104 valence electrons. The van der Waals surface area contributed by atoms with Gasteiger partial charge in [-0.2, -0.15) is 0 Å². The molecule has 0 radical (unpaired) electrons. The van der Waals surface area contributed by atoms with E-state index in [0.717, 1.165) is 50.5 Å². The molecule has 1 fully saturated rings. The van der Waals surface area contributed by atoms with E-state index in [-0.39, 0.29) is 5.78 Å². The number of nitrogens with one attached hydrogen (secondary N) is 1. The highest BCUT2D eigenvalue weighted by Crippen LogP contribution is 2.11. The molecule has 19 heavy (non-hydrogen) atoms. The van der Waals surface area contributed by atoms with Crippen LogP contribution in [-0.2, 0) is 0 Å². The summed E-state index contributed by atoms with van der Waals surface area (Å²) in [7, 11) is 2.17. The molecule has 0 aromatic heterocycles. The normalized spacial score (nSPS) is 17.4. The van der Waals surface area contributed by atoms with Crippen molar-refractivity contribution in [3.8, 4) is 0 Å². The van der Waals surface area contributed by atoms with Crippen LogP contribution in [0.4, 0.5) is 5.69 Å². The topological polar surface area (TPSA) is 35.6 Å². The maximum absolute atomic E-state index is 11.3. The van der Waals surface area contributed by atoms with Crippen LogP contribution in [0.2, 0.25) is 0 Å². The van der Waals surface area contributed by atoms with Gasteiger partial charge >= 0.3 is 0 Å². The fourth-order valence-corrected chi connectivity index (χ4v) is 2.28. The van der Waals surface area contributed by atoms with Crippen LogP contribution in [0.5, 0.6) is 0 Å². The van der Waals surface area contributed by atoms with Gasteiger partial charge < -0.3 is 10.2 Å². The lowest BCUT2D eigenvalue weighted by molar-refractivity contribution is 0.101. The van der Waals surface area contributed by atoms with Crippen molar-refractivity contribution in [1.82, 2.24) is 9.80 Å². The average molecular weight is 261 g/mol. The summed E-state index contributed by atoms with van der Waals surface area (Å²) in [5.74, 6) is 0.114. The fourth-order valence-electron chi connectivity index (χ4n) is 2.28. The number of anilines is 1. The van der Waals surface area contributed by atoms with Gasteiger partial charge in [-0.3, -0.25) is 9.69 Å². The number of benzene rings is 1. The number of hydrogen-bond donors (Lipinski definition) is 1. The number of carbonyl (C=O) groups excluding carboxylic acids is 1. The van der Waals surface area contributed by atoms with Gasteiger partial charge in [0.15, 0.2) is 5.78 Å². The Kier molecular flexibility index (Phi) is 4.93. The molecule has 1 N–H and O–H groups in total. The zero-order valence-corrected chi connectivity index (χ0v) is 11.9. The molecule has 0 aliphatic carbocycles. The second-order valence-corrected chi connectivity index (χ2v) is 5.21. The average Bonchev–Trinajstić information content (AvgIpc) is 2.41. The first-order valence-corrected chi connectivity index (χ1v) is 6.91. The van der Waals surface area contributed by atoms with Gasteiger partial charge in [-0.15, -0.1) is 0 Å². The number of ketones is 1. The Labute approximate surface area is 115 Å². The quantitative estimate of drug-likeness (QED) is 0.816. The Bertz CT molecular complexity index is 425. The maximum atomic E-state index is 11.3. The van der Waals surface area contributed by atoms with E-state index in [4.69, 9.17) is 0 Å². The lowest BCUT2D eigenvalue weighted by Gasteiger charge is -2.32. The van der Waals surface area contributed by atoms with Crippen LogP contribution in [0.25, 0.3) is 0 Å². The molecule has 0 saturated carbocycles. The Morgan fingerprint density at radius 1 is 1.26 bits per heavy atom. The largest absolute Gasteiger partial charge is 0.384 e. The van der Waals surface area contributed by atoms with E-state index in [0.29, 0.717) is 0 Å². The first-order valence-electron chi connectivity index (χ1n) is 6.91. The predicted molar refractivity (Wildman–Crippen MR) is 78.9 cm³/mol.